The molecule has 0 radical (unpaired) electrons. The van der Waals surface area contributed by atoms with E-state index in [1.807, 2.05) is 13.2 Å². The van der Waals surface area contributed by atoms with Crippen LogP contribution in [0.25, 0.3) is 0 Å². The van der Waals surface area contributed by atoms with E-state index in [-0.39, 0.29) is 0 Å². The summed E-state index contributed by atoms with van der Waals surface area (Å²) in [5.74, 6) is 1.77. The minimum Gasteiger partial charge on any atom is -0.356 e. The quantitative estimate of drug-likeness (QED) is 0.635. The lowest BCUT2D eigenvalue weighted by Gasteiger charge is -2.33. The highest BCUT2D eigenvalue weighted by atomic mass is 32.2. The van der Waals surface area contributed by atoms with Gasteiger partial charge in [-0.2, -0.15) is 0 Å². The topological polar surface area (TPSA) is 29.0 Å². The highest BCUT2D eigenvalue weighted by molar-refractivity contribution is 7.98. The molecule has 1 aromatic heterocycles. The molecular formula is C17H21N3S. The Morgan fingerprint density at radius 1 is 1.10 bits per heavy atom. The second-order valence-corrected chi connectivity index (χ2v) is 6.30. The van der Waals surface area contributed by atoms with Crippen molar-refractivity contribution < 1.29 is 0 Å². The van der Waals surface area contributed by atoms with Crippen molar-refractivity contribution in [1.82, 2.24) is 9.97 Å². The second-order valence-electron chi connectivity index (χ2n) is 5.53. The SMILES string of the molecule is CSc1nc(C)cc(N2CCC(c3ccccc3)CC2)n1. The van der Waals surface area contributed by atoms with Crippen LogP contribution in [0.5, 0.6) is 0 Å². The molecule has 0 spiro atoms. The highest BCUT2D eigenvalue weighted by Crippen LogP contribution is 2.30. The molecule has 110 valence electrons. The van der Waals surface area contributed by atoms with Gasteiger partial charge in [0.15, 0.2) is 5.16 Å². The zero-order chi connectivity index (χ0) is 14.7. The van der Waals surface area contributed by atoms with Crippen LogP contribution in [0.3, 0.4) is 0 Å². The van der Waals surface area contributed by atoms with Gasteiger partial charge in [-0.05, 0) is 37.5 Å². The van der Waals surface area contributed by atoms with Crippen molar-refractivity contribution in [2.24, 2.45) is 0 Å². The van der Waals surface area contributed by atoms with E-state index in [0.717, 1.165) is 29.8 Å². The first kappa shape index (κ1) is 14.4. The van der Waals surface area contributed by atoms with Gasteiger partial charge < -0.3 is 4.90 Å². The lowest BCUT2D eigenvalue weighted by atomic mass is 9.89. The van der Waals surface area contributed by atoms with E-state index in [2.05, 4.69) is 51.3 Å². The van der Waals surface area contributed by atoms with Crippen LogP contribution in [-0.4, -0.2) is 29.3 Å². The van der Waals surface area contributed by atoms with Crippen molar-refractivity contribution >= 4 is 17.6 Å². The molecule has 1 fully saturated rings. The number of hydrogen-bond acceptors (Lipinski definition) is 4. The molecule has 2 aromatic rings. The molecule has 0 bridgehead atoms. The largest absolute Gasteiger partial charge is 0.356 e. The molecular weight excluding hydrogens is 278 g/mol. The molecule has 0 N–H and O–H groups in total. The normalized spacial score (nSPS) is 16.2. The molecule has 0 saturated carbocycles. The van der Waals surface area contributed by atoms with Crippen LogP contribution in [0.15, 0.2) is 41.6 Å². The number of anilines is 1. The van der Waals surface area contributed by atoms with Crippen molar-refractivity contribution in [2.75, 3.05) is 24.2 Å². The maximum atomic E-state index is 4.65. The number of aromatic nitrogens is 2. The number of piperidine rings is 1. The monoisotopic (exact) mass is 299 g/mol. The van der Waals surface area contributed by atoms with E-state index in [1.165, 1.54) is 18.4 Å². The van der Waals surface area contributed by atoms with Gasteiger partial charge in [-0.25, -0.2) is 9.97 Å². The van der Waals surface area contributed by atoms with Gasteiger partial charge in [0.05, 0.1) is 0 Å². The molecule has 0 unspecified atom stereocenters. The third kappa shape index (κ3) is 3.38. The Morgan fingerprint density at radius 2 is 1.81 bits per heavy atom. The lowest BCUT2D eigenvalue weighted by molar-refractivity contribution is 0.501. The average Bonchev–Trinajstić information content (AvgIpc) is 2.55. The number of hydrogen-bond donors (Lipinski definition) is 0. The summed E-state index contributed by atoms with van der Waals surface area (Å²) in [5.41, 5.74) is 2.52. The fraction of sp³-hybridized carbons (Fsp3) is 0.412. The summed E-state index contributed by atoms with van der Waals surface area (Å²) in [7, 11) is 0. The predicted octanol–water partition coefficient (Wildman–Crippen LogP) is 3.89. The van der Waals surface area contributed by atoms with Crippen LogP contribution >= 0.6 is 11.8 Å². The van der Waals surface area contributed by atoms with Crippen molar-refractivity contribution in [2.45, 2.75) is 30.8 Å². The zero-order valence-electron chi connectivity index (χ0n) is 12.6. The van der Waals surface area contributed by atoms with Gasteiger partial charge in [-0.1, -0.05) is 42.1 Å². The van der Waals surface area contributed by atoms with Crippen molar-refractivity contribution in [3.8, 4) is 0 Å². The summed E-state index contributed by atoms with van der Waals surface area (Å²) in [6, 6.07) is 13.0. The molecule has 3 nitrogen and oxygen atoms in total. The minimum absolute atomic E-state index is 0.686. The number of aryl methyl sites for hydroxylation is 1. The van der Waals surface area contributed by atoms with Crippen molar-refractivity contribution in [3.05, 3.63) is 47.7 Å². The molecule has 0 aliphatic carbocycles. The Kier molecular flexibility index (Phi) is 4.44. The van der Waals surface area contributed by atoms with Crippen molar-refractivity contribution in [1.29, 1.82) is 0 Å². The lowest BCUT2D eigenvalue weighted by Crippen LogP contribution is -2.33. The Bertz CT molecular complexity index is 592. The van der Waals surface area contributed by atoms with E-state index in [4.69, 9.17) is 0 Å². The van der Waals surface area contributed by atoms with E-state index in [0.29, 0.717) is 5.92 Å². The third-order valence-corrected chi connectivity index (χ3v) is 4.64. The van der Waals surface area contributed by atoms with Gasteiger partial charge >= 0.3 is 0 Å². The summed E-state index contributed by atoms with van der Waals surface area (Å²) in [5, 5.41) is 0.871. The first-order chi connectivity index (χ1) is 10.3. The highest BCUT2D eigenvalue weighted by Gasteiger charge is 2.21. The van der Waals surface area contributed by atoms with Gasteiger partial charge in [0.1, 0.15) is 5.82 Å². The number of nitrogens with zero attached hydrogens (tertiary/aromatic N) is 3. The van der Waals surface area contributed by atoms with Crippen molar-refractivity contribution in [3.63, 3.8) is 0 Å². The maximum absolute atomic E-state index is 4.65. The average molecular weight is 299 g/mol. The molecule has 1 aromatic carbocycles. The van der Waals surface area contributed by atoms with E-state index >= 15 is 0 Å². The molecule has 1 aliphatic heterocycles. The molecule has 3 rings (SSSR count). The molecule has 0 atom stereocenters. The van der Waals surface area contributed by atoms with E-state index < -0.39 is 0 Å². The van der Waals surface area contributed by atoms with Gasteiger partial charge in [0.2, 0.25) is 0 Å². The Labute approximate surface area is 130 Å². The molecule has 0 amide bonds. The van der Waals surface area contributed by atoms with Crippen LogP contribution in [-0.2, 0) is 0 Å². The van der Waals surface area contributed by atoms with Gasteiger partial charge in [0.25, 0.3) is 0 Å². The summed E-state index contributed by atoms with van der Waals surface area (Å²) < 4.78 is 0. The summed E-state index contributed by atoms with van der Waals surface area (Å²) in [6.07, 6.45) is 4.42. The van der Waals surface area contributed by atoms with E-state index in [9.17, 15) is 0 Å². The van der Waals surface area contributed by atoms with Gasteiger partial charge in [0, 0.05) is 24.8 Å². The molecule has 1 aliphatic rings. The summed E-state index contributed by atoms with van der Waals surface area (Å²) in [4.78, 5) is 11.5. The van der Waals surface area contributed by atoms with Gasteiger partial charge in [-0.3, -0.25) is 0 Å². The maximum Gasteiger partial charge on any atom is 0.189 e. The molecule has 2 heterocycles. The number of thioether (sulfide) groups is 1. The molecule has 21 heavy (non-hydrogen) atoms. The van der Waals surface area contributed by atoms with Crippen LogP contribution in [0.4, 0.5) is 5.82 Å². The minimum atomic E-state index is 0.686. The summed E-state index contributed by atoms with van der Waals surface area (Å²) >= 11 is 1.61. The molecule has 4 heteroatoms. The number of benzene rings is 1. The van der Waals surface area contributed by atoms with Crippen LogP contribution in [0.2, 0.25) is 0 Å². The second kappa shape index (κ2) is 6.48. The molecule has 1 saturated heterocycles. The Morgan fingerprint density at radius 3 is 2.48 bits per heavy atom. The third-order valence-electron chi connectivity index (χ3n) is 4.09. The first-order valence-electron chi connectivity index (χ1n) is 7.46. The van der Waals surface area contributed by atoms with Crippen LogP contribution < -0.4 is 4.90 Å². The summed E-state index contributed by atoms with van der Waals surface area (Å²) in [6.45, 7) is 4.19. The Balaban J connectivity index is 1.70. The fourth-order valence-corrected chi connectivity index (χ4v) is 3.37. The first-order valence-corrected chi connectivity index (χ1v) is 8.68. The standard InChI is InChI=1S/C17H21N3S/c1-13-12-16(19-17(18-13)21-2)20-10-8-15(9-11-20)14-6-4-3-5-7-14/h3-7,12,15H,8-11H2,1-2H3. The smallest absolute Gasteiger partial charge is 0.189 e. The predicted molar refractivity (Wildman–Crippen MR) is 89.2 cm³/mol. The Hall–Kier alpha value is -1.55. The number of rotatable bonds is 3. The van der Waals surface area contributed by atoms with Crippen LogP contribution in [0.1, 0.15) is 30.0 Å². The zero-order valence-corrected chi connectivity index (χ0v) is 13.4. The fourth-order valence-electron chi connectivity index (χ4n) is 2.95. The van der Waals surface area contributed by atoms with Gasteiger partial charge in [-0.15, -0.1) is 0 Å². The van der Waals surface area contributed by atoms with Crippen LogP contribution in [0, 0.1) is 6.92 Å². The van der Waals surface area contributed by atoms with E-state index in [1.54, 1.807) is 11.8 Å².